The Labute approximate surface area is 139 Å². The maximum Gasteiger partial charge on any atom is 0.270 e. The molecule has 7 heteroatoms. The van der Waals surface area contributed by atoms with Crippen molar-refractivity contribution in [3.63, 3.8) is 0 Å². The van der Waals surface area contributed by atoms with Crippen molar-refractivity contribution in [2.24, 2.45) is 0 Å². The highest BCUT2D eigenvalue weighted by atomic mass is 19.1. The van der Waals surface area contributed by atoms with Gasteiger partial charge in [0.25, 0.3) is 5.91 Å². The molecule has 0 fully saturated rings. The lowest BCUT2D eigenvalue weighted by Gasteiger charge is -2.29. The molecule has 6 nitrogen and oxygen atoms in total. The third-order valence-corrected chi connectivity index (χ3v) is 4.16. The van der Waals surface area contributed by atoms with Gasteiger partial charge in [0.05, 0.1) is 24.9 Å². The number of hydrogen-bond donors (Lipinski definition) is 2. The molecule has 1 aromatic heterocycles. The minimum atomic E-state index is -0.977. The summed E-state index contributed by atoms with van der Waals surface area (Å²) in [6.45, 7) is 2.84. The Morgan fingerprint density at radius 2 is 2.29 bits per heavy atom. The van der Waals surface area contributed by atoms with Gasteiger partial charge < -0.3 is 19.7 Å². The van der Waals surface area contributed by atoms with Gasteiger partial charge in [-0.05, 0) is 18.6 Å². The molecule has 128 valence electrons. The number of aliphatic hydroxyl groups excluding tert-OH is 1. The number of nitrogens with zero attached hydrogens (tertiary/aromatic N) is 2. The molecule has 2 aromatic rings. The van der Waals surface area contributed by atoms with E-state index in [0.29, 0.717) is 36.8 Å². The molecule has 3 rings (SSSR count). The molecule has 1 amide bonds. The number of aromatic nitrogens is 2. The van der Waals surface area contributed by atoms with E-state index in [0.717, 1.165) is 0 Å². The van der Waals surface area contributed by atoms with Gasteiger partial charge in [0.2, 0.25) is 0 Å². The van der Waals surface area contributed by atoms with Crippen LogP contribution in [0, 0.1) is 5.82 Å². The maximum atomic E-state index is 13.9. The number of ether oxygens (including phenoxy) is 1. The zero-order valence-corrected chi connectivity index (χ0v) is 13.5. The summed E-state index contributed by atoms with van der Waals surface area (Å²) in [5, 5.41) is 12.6. The number of halogens is 1. The van der Waals surface area contributed by atoms with E-state index in [1.807, 2.05) is 0 Å². The van der Waals surface area contributed by atoms with Gasteiger partial charge in [0, 0.05) is 13.0 Å². The second-order valence-corrected chi connectivity index (χ2v) is 6.20. The minimum absolute atomic E-state index is 0.187. The zero-order valence-electron chi connectivity index (χ0n) is 13.5. The topological polar surface area (TPSA) is 76.4 Å². The van der Waals surface area contributed by atoms with Gasteiger partial charge in [-0.25, -0.2) is 9.37 Å². The molecule has 0 bridgehead atoms. The normalized spacial score (nSPS) is 16.3. The molecular formula is C17H20FN3O3. The van der Waals surface area contributed by atoms with Crippen molar-refractivity contribution in [3.8, 4) is 0 Å². The largest absolute Gasteiger partial charge is 0.394 e. The molecule has 1 unspecified atom stereocenters. The van der Waals surface area contributed by atoms with Crippen LogP contribution in [0.4, 0.5) is 4.39 Å². The van der Waals surface area contributed by atoms with E-state index in [9.17, 15) is 14.3 Å². The number of hydrogen-bond acceptors (Lipinski definition) is 4. The third-order valence-electron chi connectivity index (χ3n) is 4.16. The standard InChI is InChI=1S/C17H20FN3O3/c1-17(11-22,8-12-4-2-3-5-13(12)18)20-16(23)14-9-19-15-10-24-7-6-21(14)15/h2-5,9,22H,6-8,10-11H2,1H3,(H,20,23). The van der Waals surface area contributed by atoms with E-state index in [2.05, 4.69) is 10.3 Å². The molecule has 0 saturated heterocycles. The Morgan fingerprint density at radius 1 is 1.50 bits per heavy atom. The smallest absolute Gasteiger partial charge is 0.270 e. The first-order valence-electron chi connectivity index (χ1n) is 7.81. The van der Waals surface area contributed by atoms with Gasteiger partial charge in [-0.2, -0.15) is 0 Å². The average molecular weight is 333 g/mol. The maximum absolute atomic E-state index is 13.9. The van der Waals surface area contributed by atoms with Crippen molar-refractivity contribution in [1.82, 2.24) is 14.9 Å². The fourth-order valence-electron chi connectivity index (χ4n) is 2.82. The number of rotatable bonds is 5. The first-order chi connectivity index (χ1) is 11.5. The number of carbonyl (C=O) groups is 1. The molecule has 0 aliphatic carbocycles. The fraction of sp³-hybridized carbons (Fsp3) is 0.412. The second kappa shape index (κ2) is 6.70. The summed E-state index contributed by atoms with van der Waals surface area (Å²) in [5.74, 6) is 0.0000458. The summed E-state index contributed by atoms with van der Waals surface area (Å²) >= 11 is 0. The molecule has 0 spiro atoms. The van der Waals surface area contributed by atoms with Crippen molar-refractivity contribution < 1.29 is 19.0 Å². The number of benzene rings is 1. The van der Waals surface area contributed by atoms with E-state index >= 15 is 0 Å². The Bertz CT molecular complexity index is 746. The summed E-state index contributed by atoms with van der Waals surface area (Å²) in [6.07, 6.45) is 1.69. The van der Waals surface area contributed by atoms with Crippen LogP contribution in [0.25, 0.3) is 0 Å². The highest BCUT2D eigenvalue weighted by molar-refractivity contribution is 5.93. The van der Waals surface area contributed by atoms with Crippen LogP contribution in [0.3, 0.4) is 0 Å². The molecule has 1 aliphatic rings. The molecule has 1 atom stereocenters. The van der Waals surface area contributed by atoms with E-state index in [-0.39, 0.29) is 24.8 Å². The summed E-state index contributed by atoms with van der Waals surface area (Å²) in [5.41, 5.74) is -0.116. The second-order valence-electron chi connectivity index (χ2n) is 6.20. The number of fused-ring (bicyclic) bond motifs is 1. The van der Waals surface area contributed by atoms with Crippen LogP contribution in [-0.2, 0) is 24.3 Å². The van der Waals surface area contributed by atoms with Crippen molar-refractivity contribution >= 4 is 5.91 Å². The molecular weight excluding hydrogens is 313 g/mol. The van der Waals surface area contributed by atoms with Crippen molar-refractivity contribution in [1.29, 1.82) is 0 Å². The number of imidazole rings is 1. The van der Waals surface area contributed by atoms with E-state index in [1.165, 1.54) is 12.3 Å². The molecule has 2 N–H and O–H groups in total. The predicted octanol–water partition coefficient (Wildman–Crippen LogP) is 1.28. The van der Waals surface area contributed by atoms with Gasteiger partial charge in [0.1, 0.15) is 23.9 Å². The Balaban J connectivity index is 1.78. The third kappa shape index (κ3) is 3.32. The SMILES string of the molecule is CC(CO)(Cc1ccccc1F)NC(=O)c1cnc2n1CCOC2. The predicted molar refractivity (Wildman–Crippen MR) is 84.9 cm³/mol. The highest BCUT2D eigenvalue weighted by Gasteiger charge is 2.29. The quantitative estimate of drug-likeness (QED) is 0.864. The van der Waals surface area contributed by atoms with Crippen molar-refractivity contribution in [3.05, 3.63) is 53.4 Å². The Morgan fingerprint density at radius 3 is 3.04 bits per heavy atom. The van der Waals surface area contributed by atoms with Gasteiger partial charge in [-0.1, -0.05) is 18.2 Å². The summed E-state index contributed by atoms with van der Waals surface area (Å²) in [6, 6.07) is 6.34. The number of carbonyl (C=O) groups excluding carboxylic acids is 1. The van der Waals surface area contributed by atoms with Crippen LogP contribution in [-0.4, -0.2) is 39.3 Å². The lowest BCUT2D eigenvalue weighted by atomic mass is 9.93. The Hall–Kier alpha value is -2.25. The van der Waals surface area contributed by atoms with Crippen LogP contribution < -0.4 is 5.32 Å². The molecule has 0 radical (unpaired) electrons. The van der Waals surface area contributed by atoms with Crippen LogP contribution >= 0.6 is 0 Å². The van der Waals surface area contributed by atoms with Gasteiger partial charge >= 0.3 is 0 Å². The van der Waals surface area contributed by atoms with Gasteiger partial charge in [-0.3, -0.25) is 4.79 Å². The lowest BCUT2D eigenvalue weighted by molar-refractivity contribution is 0.0749. The lowest BCUT2D eigenvalue weighted by Crippen LogP contribution is -2.51. The highest BCUT2D eigenvalue weighted by Crippen LogP contribution is 2.18. The van der Waals surface area contributed by atoms with Crippen LogP contribution in [0.5, 0.6) is 0 Å². The Kier molecular flexibility index (Phi) is 4.64. The summed E-state index contributed by atoms with van der Waals surface area (Å²) < 4.78 is 21.0. The number of aliphatic hydroxyl groups is 1. The fourth-order valence-corrected chi connectivity index (χ4v) is 2.82. The summed E-state index contributed by atoms with van der Waals surface area (Å²) in [7, 11) is 0. The summed E-state index contributed by atoms with van der Waals surface area (Å²) in [4.78, 5) is 16.8. The van der Waals surface area contributed by atoms with Crippen molar-refractivity contribution in [2.45, 2.75) is 32.0 Å². The van der Waals surface area contributed by atoms with E-state index < -0.39 is 5.54 Å². The molecule has 2 heterocycles. The molecule has 24 heavy (non-hydrogen) atoms. The average Bonchev–Trinajstić information content (AvgIpc) is 3.01. The number of amides is 1. The minimum Gasteiger partial charge on any atom is -0.394 e. The van der Waals surface area contributed by atoms with Gasteiger partial charge in [-0.15, -0.1) is 0 Å². The van der Waals surface area contributed by atoms with Crippen LogP contribution in [0.1, 0.15) is 28.8 Å². The molecule has 1 aromatic carbocycles. The number of nitrogens with one attached hydrogen (secondary N) is 1. The van der Waals surface area contributed by atoms with Crippen LogP contribution in [0.2, 0.25) is 0 Å². The first-order valence-corrected chi connectivity index (χ1v) is 7.81. The zero-order chi connectivity index (χ0) is 17.2. The van der Waals surface area contributed by atoms with E-state index in [1.54, 1.807) is 29.7 Å². The molecule has 1 aliphatic heterocycles. The first kappa shape index (κ1) is 16.6. The molecule has 0 saturated carbocycles. The van der Waals surface area contributed by atoms with E-state index in [4.69, 9.17) is 4.74 Å². The van der Waals surface area contributed by atoms with Gasteiger partial charge in [0.15, 0.2) is 0 Å². The van der Waals surface area contributed by atoms with Crippen LogP contribution in [0.15, 0.2) is 30.5 Å². The van der Waals surface area contributed by atoms with Crippen molar-refractivity contribution in [2.75, 3.05) is 13.2 Å². The monoisotopic (exact) mass is 333 g/mol.